The van der Waals surface area contributed by atoms with Crippen LogP contribution in [-0.4, -0.2) is 16.5 Å². The molecule has 1 heterocycles. The Kier molecular flexibility index (Phi) is 5.07. The van der Waals surface area contributed by atoms with Gasteiger partial charge < -0.3 is 11.1 Å². The van der Waals surface area contributed by atoms with Crippen LogP contribution < -0.4 is 11.1 Å². The van der Waals surface area contributed by atoms with Crippen LogP contribution >= 0.6 is 12.2 Å². The molecule has 0 aliphatic rings. The van der Waals surface area contributed by atoms with Gasteiger partial charge in [-0.15, -0.1) is 0 Å². The van der Waals surface area contributed by atoms with Crippen molar-refractivity contribution in [1.82, 2.24) is 4.98 Å². The first kappa shape index (κ1) is 14.5. The lowest BCUT2D eigenvalue weighted by Crippen LogP contribution is -2.14. The van der Waals surface area contributed by atoms with Gasteiger partial charge in [-0.05, 0) is 24.0 Å². The molecule has 4 heteroatoms. The molecule has 0 saturated carbocycles. The quantitative estimate of drug-likeness (QED) is 0.799. The Hall–Kier alpha value is -1.94. The van der Waals surface area contributed by atoms with E-state index in [-0.39, 0.29) is 0 Å². The minimum atomic E-state index is 0.394. The van der Waals surface area contributed by atoms with Gasteiger partial charge in [0.05, 0.1) is 11.9 Å². The Labute approximate surface area is 125 Å². The van der Waals surface area contributed by atoms with E-state index in [9.17, 15) is 0 Å². The fourth-order valence-electron chi connectivity index (χ4n) is 2.12. The third-order valence-electron chi connectivity index (χ3n) is 3.35. The van der Waals surface area contributed by atoms with Gasteiger partial charge in [-0.1, -0.05) is 49.5 Å². The largest absolute Gasteiger partial charge is 0.389 e. The van der Waals surface area contributed by atoms with Crippen LogP contribution in [0.4, 0.5) is 5.69 Å². The van der Waals surface area contributed by atoms with E-state index in [1.54, 1.807) is 12.4 Å². The average molecular weight is 285 g/mol. The number of benzene rings is 1. The molecule has 0 amide bonds. The van der Waals surface area contributed by atoms with E-state index in [2.05, 4.69) is 41.5 Å². The monoisotopic (exact) mass is 285 g/mol. The maximum atomic E-state index is 5.70. The highest BCUT2D eigenvalue weighted by molar-refractivity contribution is 7.80. The zero-order valence-corrected chi connectivity index (χ0v) is 12.4. The highest BCUT2D eigenvalue weighted by Gasteiger charge is 2.07. The number of pyridine rings is 1. The maximum absolute atomic E-state index is 5.70. The second-order valence-corrected chi connectivity index (χ2v) is 5.25. The molecule has 104 valence electrons. The molecule has 3 nitrogen and oxygen atoms in total. The van der Waals surface area contributed by atoms with Crippen LogP contribution in [0, 0.1) is 0 Å². The van der Waals surface area contributed by atoms with Gasteiger partial charge in [-0.3, -0.25) is 4.98 Å². The SMILES string of the molecule is CC(CCNc1cnccc1C(N)=S)c1ccccc1. The fraction of sp³-hybridized carbons (Fsp3) is 0.250. The van der Waals surface area contributed by atoms with Crippen molar-refractivity contribution in [3.05, 3.63) is 59.9 Å². The summed E-state index contributed by atoms with van der Waals surface area (Å²) in [5.41, 5.74) is 8.81. The molecule has 0 radical (unpaired) electrons. The molecule has 2 aromatic rings. The van der Waals surface area contributed by atoms with Crippen LogP contribution in [0.5, 0.6) is 0 Å². The predicted molar refractivity (Wildman–Crippen MR) is 88.1 cm³/mol. The van der Waals surface area contributed by atoms with Crippen LogP contribution in [0.15, 0.2) is 48.8 Å². The first-order valence-corrected chi connectivity index (χ1v) is 7.12. The molecule has 2 rings (SSSR count). The van der Waals surface area contributed by atoms with Gasteiger partial charge in [-0.2, -0.15) is 0 Å². The molecule has 3 N–H and O–H groups in total. The lowest BCUT2D eigenvalue weighted by molar-refractivity contribution is 0.706. The van der Waals surface area contributed by atoms with Gasteiger partial charge in [0.25, 0.3) is 0 Å². The Morgan fingerprint density at radius 1 is 1.30 bits per heavy atom. The average Bonchev–Trinajstić information content (AvgIpc) is 2.48. The van der Waals surface area contributed by atoms with E-state index in [0.717, 1.165) is 24.2 Å². The Morgan fingerprint density at radius 3 is 2.75 bits per heavy atom. The van der Waals surface area contributed by atoms with Gasteiger partial charge in [0.15, 0.2) is 0 Å². The number of nitrogens with zero attached hydrogens (tertiary/aromatic N) is 1. The molecule has 0 bridgehead atoms. The van der Waals surface area contributed by atoms with Gasteiger partial charge in [-0.25, -0.2) is 0 Å². The second-order valence-electron chi connectivity index (χ2n) is 4.81. The number of thiocarbonyl (C=S) groups is 1. The smallest absolute Gasteiger partial charge is 0.106 e. The maximum Gasteiger partial charge on any atom is 0.106 e. The van der Waals surface area contributed by atoms with Crippen molar-refractivity contribution in [2.75, 3.05) is 11.9 Å². The van der Waals surface area contributed by atoms with E-state index >= 15 is 0 Å². The summed E-state index contributed by atoms with van der Waals surface area (Å²) in [5, 5.41) is 3.37. The molecule has 0 fully saturated rings. The van der Waals surface area contributed by atoms with Crippen molar-refractivity contribution in [2.45, 2.75) is 19.3 Å². The van der Waals surface area contributed by atoms with Crippen molar-refractivity contribution >= 4 is 22.9 Å². The third kappa shape index (κ3) is 3.78. The molecular weight excluding hydrogens is 266 g/mol. The lowest BCUT2D eigenvalue weighted by Gasteiger charge is -2.14. The Morgan fingerprint density at radius 2 is 2.05 bits per heavy atom. The molecule has 0 saturated heterocycles. The van der Waals surface area contributed by atoms with Crippen molar-refractivity contribution < 1.29 is 0 Å². The first-order valence-electron chi connectivity index (χ1n) is 6.71. The van der Waals surface area contributed by atoms with Crippen molar-refractivity contribution in [1.29, 1.82) is 0 Å². The van der Waals surface area contributed by atoms with Crippen molar-refractivity contribution in [2.24, 2.45) is 5.73 Å². The molecule has 0 spiro atoms. The van der Waals surface area contributed by atoms with Crippen LogP contribution in [0.1, 0.15) is 30.4 Å². The zero-order chi connectivity index (χ0) is 14.4. The number of anilines is 1. The van der Waals surface area contributed by atoms with Crippen LogP contribution in [0.3, 0.4) is 0 Å². The Bertz CT molecular complexity index is 569. The van der Waals surface area contributed by atoms with E-state index in [4.69, 9.17) is 18.0 Å². The van der Waals surface area contributed by atoms with Crippen LogP contribution in [0.2, 0.25) is 0 Å². The Balaban J connectivity index is 1.92. The minimum Gasteiger partial charge on any atom is -0.389 e. The summed E-state index contributed by atoms with van der Waals surface area (Å²) in [7, 11) is 0. The zero-order valence-electron chi connectivity index (χ0n) is 11.5. The number of nitrogens with two attached hydrogens (primary N) is 1. The molecule has 20 heavy (non-hydrogen) atoms. The fourth-order valence-corrected chi connectivity index (χ4v) is 2.30. The van der Waals surface area contributed by atoms with Crippen LogP contribution in [0.25, 0.3) is 0 Å². The summed E-state index contributed by atoms with van der Waals surface area (Å²) >= 11 is 5.04. The predicted octanol–water partition coefficient (Wildman–Crippen LogP) is 3.32. The summed E-state index contributed by atoms with van der Waals surface area (Å²) in [6.07, 6.45) is 4.50. The summed E-state index contributed by atoms with van der Waals surface area (Å²) < 4.78 is 0. The number of hydrogen-bond acceptors (Lipinski definition) is 3. The summed E-state index contributed by atoms with van der Waals surface area (Å²) in [6, 6.07) is 12.4. The summed E-state index contributed by atoms with van der Waals surface area (Å²) in [6.45, 7) is 3.09. The topological polar surface area (TPSA) is 50.9 Å². The minimum absolute atomic E-state index is 0.394. The molecule has 1 unspecified atom stereocenters. The standard InChI is InChI=1S/C16H19N3S/c1-12(13-5-3-2-4-6-13)7-10-19-15-11-18-9-8-14(15)16(17)20/h2-6,8-9,11-12,19H,7,10H2,1H3,(H2,17,20). The van der Waals surface area contributed by atoms with Gasteiger partial charge >= 0.3 is 0 Å². The third-order valence-corrected chi connectivity index (χ3v) is 3.57. The van der Waals surface area contributed by atoms with E-state index in [1.165, 1.54) is 5.56 Å². The van der Waals surface area contributed by atoms with Gasteiger partial charge in [0.1, 0.15) is 4.99 Å². The molecule has 0 aliphatic carbocycles. The highest BCUT2D eigenvalue weighted by atomic mass is 32.1. The van der Waals surface area contributed by atoms with Crippen molar-refractivity contribution in [3.63, 3.8) is 0 Å². The molecule has 1 atom stereocenters. The molecule has 0 aliphatic heterocycles. The van der Waals surface area contributed by atoms with Crippen LogP contribution in [-0.2, 0) is 0 Å². The number of rotatable bonds is 6. The van der Waals surface area contributed by atoms with Gasteiger partial charge in [0.2, 0.25) is 0 Å². The number of aromatic nitrogens is 1. The van der Waals surface area contributed by atoms with E-state index in [1.807, 2.05) is 12.1 Å². The second kappa shape index (κ2) is 7.01. The first-order chi connectivity index (χ1) is 9.68. The van der Waals surface area contributed by atoms with Crippen molar-refractivity contribution in [3.8, 4) is 0 Å². The van der Waals surface area contributed by atoms with Gasteiger partial charge in [0, 0.05) is 18.3 Å². The number of nitrogens with one attached hydrogen (secondary N) is 1. The summed E-state index contributed by atoms with van der Waals surface area (Å²) in [4.78, 5) is 4.50. The van der Waals surface area contributed by atoms with E-state index < -0.39 is 0 Å². The normalized spacial score (nSPS) is 11.8. The molecular formula is C16H19N3S. The highest BCUT2D eigenvalue weighted by Crippen LogP contribution is 2.19. The summed E-state index contributed by atoms with van der Waals surface area (Å²) in [5.74, 6) is 0.508. The van der Waals surface area contributed by atoms with E-state index in [0.29, 0.717) is 10.9 Å². The lowest BCUT2D eigenvalue weighted by atomic mass is 9.98. The number of hydrogen-bond donors (Lipinski definition) is 2. The molecule has 1 aromatic heterocycles. The molecule has 1 aromatic carbocycles.